The van der Waals surface area contributed by atoms with Crippen LogP contribution >= 0.6 is 11.3 Å². The molecule has 0 spiro atoms. The van der Waals surface area contributed by atoms with Crippen molar-refractivity contribution in [3.05, 3.63) is 39.9 Å². The van der Waals surface area contributed by atoms with E-state index in [-0.39, 0.29) is 11.8 Å². The molecule has 0 saturated heterocycles. The monoisotopic (exact) mass is 469 g/mol. The van der Waals surface area contributed by atoms with Gasteiger partial charge in [0.05, 0.1) is 25.3 Å². The maximum Gasteiger partial charge on any atom is 0.274 e. The van der Waals surface area contributed by atoms with Crippen molar-refractivity contribution in [2.24, 2.45) is 0 Å². The number of fused-ring (bicyclic) bond motifs is 1. The third-order valence-corrected chi connectivity index (χ3v) is 7.22. The molecule has 0 fully saturated rings. The fourth-order valence-corrected chi connectivity index (χ4v) is 5.46. The zero-order valence-corrected chi connectivity index (χ0v) is 20.9. The van der Waals surface area contributed by atoms with Crippen molar-refractivity contribution >= 4 is 17.2 Å². The van der Waals surface area contributed by atoms with Gasteiger partial charge in [-0.15, -0.1) is 11.3 Å². The van der Waals surface area contributed by atoms with Gasteiger partial charge in [-0.25, -0.2) is 0 Å². The van der Waals surface area contributed by atoms with Gasteiger partial charge in [0.2, 0.25) is 0 Å². The number of hydrogen-bond donors (Lipinski definition) is 1. The van der Waals surface area contributed by atoms with Crippen molar-refractivity contribution in [3.8, 4) is 33.3 Å². The smallest absolute Gasteiger partial charge is 0.274 e. The van der Waals surface area contributed by atoms with Gasteiger partial charge < -0.3 is 24.2 Å². The molecule has 1 aliphatic heterocycles. The van der Waals surface area contributed by atoms with Gasteiger partial charge in [0, 0.05) is 35.5 Å². The van der Waals surface area contributed by atoms with Gasteiger partial charge in [-0.1, -0.05) is 19.0 Å². The number of thiophene rings is 1. The highest BCUT2D eigenvalue weighted by molar-refractivity contribution is 7.15. The van der Waals surface area contributed by atoms with Crippen LogP contribution in [0.25, 0.3) is 21.8 Å². The Morgan fingerprint density at radius 1 is 1.24 bits per heavy atom. The minimum absolute atomic E-state index is 0.225. The molecule has 0 atom stereocenters. The number of hydrogen-bond acceptors (Lipinski definition) is 7. The van der Waals surface area contributed by atoms with E-state index in [4.69, 9.17) is 14.0 Å². The highest BCUT2D eigenvalue weighted by Gasteiger charge is 2.30. The standard InChI is InChI=1S/C25H31N3O4S/c1-7-26-25(29)23-22(21-10-15-13-28(4)9-8-20(15)33-21)24(32-27-23)17-11-16(14(2)3)18(30-5)12-19(17)31-6/h10-12,14H,7-9,13H2,1-6H3,(H,26,29). The molecule has 8 heteroatoms. The average molecular weight is 470 g/mol. The lowest BCUT2D eigenvalue weighted by molar-refractivity contribution is 0.0947. The zero-order chi connectivity index (χ0) is 23.7. The number of carbonyl (C=O) groups excluding carboxylic acids is 1. The molecule has 2 aromatic heterocycles. The normalized spacial score (nSPS) is 13.8. The summed E-state index contributed by atoms with van der Waals surface area (Å²) in [6.45, 7) is 8.54. The molecule has 1 aromatic carbocycles. The molecule has 4 rings (SSSR count). The number of benzene rings is 1. The third kappa shape index (κ3) is 4.37. The van der Waals surface area contributed by atoms with Crippen LogP contribution in [0.5, 0.6) is 11.5 Å². The van der Waals surface area contributed by atoms with Crippen molar-refractivity contribution in [3.63, 3.8) is 0 Å². The van der Waals surface area contributed by atoms with Crippen LogP contribution < -0.4 is 14.8 Å². The van der Waals surface area contributed by atoms with Gasteiger partial charge in [-0.3, -0.25) is 4.79 Å². The molecule has 176 valence electrons. The fraction of sp³-hybridized carbons (Fsp3) is 0.440. The van der Waals surface area contributed by atoms with E-state index < -0.39 is 0 Å². The largest absolute Gasteiger partial charge is 0.496 e. The summed E-state index contributed by atoms with van der Waals surface area (Å²) >= 11 is 1.71. The predicted molar refractivity (Wildman–Crippen MR) is 130 cm³/mol. The molecule has 1 amide bonds. The van der Waals surface area contributed by atoms with Crippen LogP contribution in [0, 0.1) is 0 Å². The Kier molecular flexibility index (Phi) is 6.76. The first kappa shape index (κ1) is 23.3. The second-order valence-electron chi connectivity index (χ2n) is 8.59. The molecule has 0 radical (unpaired) electrons. The fourth-order valence-electron chi connectivity index (χ4n) is 4.25. The minimum Gasteiger partial charge on any atom is -0.496 e. The van der Waals surface area contributed by atoms with Crippen LogP contribution in [0.4, 0.5) is 0 Å². The van der Waals surface area contributed by atoms with Crippen LogP contribution in [0.1, 0.15) is 53.2 Å². The Labute approximate surface area is 198 Å². The summed E-state index contributed by atoms with van der Waals surface area (Å²) < 4.78 is 17.2. The van der Waals surface area contributed by atoms with Crippen molar-refractivity contribution in [2.45, 2.75) is 39.7 Å². The summed E-state index contributed by atoms with van der Waals surface area (Å²) in [5.74, 6) is 1.87. The molecular weight excluding hydrogens is 438 g/mol. The van der Waals surface area contributed by atoms with E-state index in [0.29, 0.717) is 29.3 Å². The van der Waals surface area contributed by atoms with E-state index in [2.05, 4.69) is 42.3 Å². The average Bonchev–Trinajstić information content (AvgIpc) is 3.41. The summed E-state index contributed by atoms with van der Waals surface area (Å²) in [6, 6.07) is 6.07. The molecule has 0 bridgehead atoms. The summed E-state index contributed by atoms with van der Waals surface area (Å²) in [5.41, 5.74) is 4.08. The van der Waals surface area contributed by atoms with Gasteiger partial charge in [0.1, 0.15) is 11.5 Å². The number of methoxy groups -OCH3 is 2. The number of nitrogens with one attached hydrogen (secondary N) is 1. The summed E-state index contributed by atoms with van der Waals surface area (Å²) in [4.78, 5) is 17.6. The lowest BCUT2D eigenvalue weighted by atomic mass is 9.95. The molecule has 1 aliphatic rings. The van der Waals surface area contributed by atoms with Crippen LogP contribution in [0.3, 0.4) is 0 Å². The molecular formula is C25H31N3O4S. The van der Waals surface area contributed by atoms with E-state index in [9.17, 15) is 4.79 Å². The van der Waals surface area contributed by atoms with Crippen LogP contribution in [-0.2, 0) is 13.0 Å². The number of amides is 1. The molecule has 0 saturated carbocycles. The van der Waals surface area contributed by atoms with Crippen molar-refractivity contribution in [1.82, 2.24) is 15.4 Å². The Balaban J connectivity index is 1.94. The van der Waals surface area contributed by atoms with E-state index in [1.165, 1.54) is 10.4 Å². The molecule has 7 nitrogen and oxygen atoms in total. The molecule has 0 aliphatic carbocycles. The van der Waals surface area contributed by atoms with Gasteiger partial charge in [-0.05, 0) is 49.6 Å². The number of likely N-dealkylation sites (N-methyl/N-ethyl adjacent to an activating group) is 1. The van der Waals surface area contributed by atoms with Gasteiger partial charge >= 0.3 is 0 Å². The van der Waals surface area contributed by atoms with Crippen LogP contribution in [-0.4, -0.2) is 50.3 Å². The summed E-state index contributed by atoms with van der Waals surface area (Å²) in [6.07, 6.45) is 0.997. The van der Waals surface area contributed by atoms with Crippen LogP contribution in [0.15, 0.2) is 22.7 Å². The second kappa shape index (κ2) is 9.57. The molecule has 3 heterocycles. The zero-order valence-electron chi connectivity index (χ0n) is 20.1. The van der Waals surface area contributed by atoms with Crippen molar-refractivity contribution < 1.29 is 18.8 Å². The van der Waals surface area contributed by atoms with E-state index in [1.54, 1.807) is 25.6 Å². The van der Waals surface area contributed by atoms with E-state index in [1.807, 2.05) is 19.1 Å². The molecule has 3 aromatic rings. The first-order valence-corrected chi connectivity index (χ1v) is 12.0. The molecule has 0 unspecified atom stereocenters. The SMILES string of the molecule is CCNC(=O)c1noc(-c2cc(C(C)C)c(OC)cc2OC)c1-c1cc2c(s1)CCN(C)C2. The Hall–Kier alpha value is -2.84. The number of aromatic nitrogens is 1. The highest BCUT2D eigenvalue weighted by atomic mass is 32.1. The highest BCUT2D eigenvalue weighted by Crippen LogP contribution is 2.46. The quantitative estimate of drug-likeness (QED) is 0.528. The third-order valence-electron chi connectivity index (χ3n) is 5.97. The molecule has 1 N–H and O–H groups in total. The van der Waals surface area contributed by atoms with Crippen LogP contribution in [0.2, 0.25) is 0 Å². The van der Waals surface area contributed by atoms with E-state index >= 15 is 0 Å². The van der Waals surface area contributed by atoms with Crippen molar-refractivity contribution in [1.29, 1.82) is 0 Å². The summed E-state index contributed by atoms with van der Waals surface area (Å²) in [5, 5.41) is 7.09. The number of nitrogens with zero attached hydrogens (tertiary/aromatic N) is 2. The predicted octanol–water partition coefficient (Wildman–Crippen LogP) is 4.95. The van der Waals surface area contributed by atoms with E-state index in [0.717, 1.165) is 41.3 Å². The second-order valence-corrected chi connectivity index (χ2v) is 9.73. The number of rotatable bonds is 7. The van der Waals surface area contributed by atoms with Gasteiger partial charge in [0.25, 0.3) is 5.91 Å². The molecule has 33 heavy (non-hydrogen) atoms. The summed E-state index contributed by atoms with van der Waals surface area (Å²) in [7, 11) is 5.40. The Morgan fingerprint density at radius 3 is 2.67 bits per heavy atom. The number of ether oxygens (including phenoxy) is 2. The maximum atomic E-state index is 12.9. The van der Waals surface area contributed by atoms with Gasteiger partial charge in [-0.2, -0.15) is 0 Å². The Bertz CT molecular complexity index is 1160. The lowest BCUT2D eigenvalue weighted by Crippen LogP contribution is -2.25. The van der Waals surface area contributed by atoms with Gasteiger partial charge in [0.15, 0.2) is 11.5 Å². The lowest BCUT2D eigenvalue weighted by Gasteiger charge is -2.21. The first-order valence-electron chi connectivity index (χ1n) is 11.2. The Morgan fingerprint density at radius 2 is 2.00 bits per heavy atom. The number of carbonyl (C=O) groups is 1. The minimum atomic E-state index is -0.248. The first-order chi connectivity index (χ1) is 15.9. The maximum absolute atomic E-state index is 12.9. The van der Waals surface area contributed by atoms with Crippen molar-refractivity contribution in [2.75, 3.05) is 34.4 Å². The topological polar surface area (TPSA) is 76.8 Å².